The molecular formula is C16H17N5O2S. The van der Waals surface area contributed by atoms with Crippen LogP contribution in [0.25, 0.3) is 0 Å². The number of nitrogens with zero attached hydrogens (tertiary/aromatic N) is 5. The van der Waals surface area contributed by atoms with E-state index in [1.165, 1.54) is 23.7 Å². The van der Waals surface area contributed by atoms with E-state index in [4.69, 9.17) is 10.00 Å². The van der Waals surface area contributed by atoms with Gasteiger partial charge in [-0.3, -0.25) is 4.79 Å². The molecule has 0 radical (unpaired) electrons. The molecule has 0 saturated carbocycles. The van der Waals surface area contributed by atoms with Gasteiger partial charge in [0.15, 0.2) is 0 Å². The van der Waals surface area contributed by atoms with E-state index in [1.54, 1.807) is 4.90 Å². The minimum absolute atomic E-state index is 0.00828. The number of carbonyl (C=O) groups is 1. The molecule has 24 heavy (non-hydrogen) atoms. The third-order valence-corrected chi connectivity index (χ3v) is 4.87. The zero-order valence-corrected chi connectivity index (χ0v) is 14.3. The third kappa shape index (κ3) is 3.36. The first-order valence-corrected chi connectivity index (χ1v) is 8.51. The zero-order valence-electron chi connectivity index (χ0n) is 13.5. The first-order chi connectivity index (χ1) is 11.6. The molecule has 7 nitrogen and oxygen atoms in total. The van der Waals surface area contributed by atoms with Gasteiger partial charge in [0.25, 0.3) is 11.8 Å². The molecule has 0 aromatic carbocycles. The van der Waals surface area contributed by atoms with Gasteiger partial charge in [-0.15, -0.1) is 11.3 Å². The number of likely N-dealkylation sites (tertiary alicyclic amines) is 1. The van der Waals surface area contributed by atoms with Crippen molar-refractivity contribution in [2.45, 2.75) is 32.8 Å². The molecule has 2 aromatic rings. The molecule has 0 bridgehead atoms. The maximum Gasteiger partial charge on any atom is 0.265 e. The summed E-state index contributed by atoms with van der Waals surface area (Å²) in [5.74, 6) is 0.218. The number of carbonyl (C=O) groups excluding carboxylic acids is 1. The Morgan fingerprint density at radius 2 is 2.21 bits per heavy atom. The number of thiazole rings is 1. The van der Waals surface area contributed by atoms with Crippen LogP contribution in [0.1, 0.15) is 38.9 Å². The van der Waals surface area contributed by atoms with Crippen molar-refractivity contribution in [3.05, 3.63) is 33.7 Å². The Balaban J connectivity index is 1.71. The standard InChI is InChI=1S/C16H17N5O2S/c1-10-14(24-11(2)20-10)16(22)21-7-3-4-12(9-21)23-15-13(8-17)18-5-6-19-15/h5-6,12H,3-4,7,9H2,1-2H3/t12-/m1/s1. The van der Waals surface area contributed by atoms with E-state index in [9.17, 15) is 4.79 Å². The molecule has 3 rings (SSSR count). The smallest absolute Gasteiger partial charge is 0.265 e. The molecule has 8 heteroatoms. The summed E-state index contributed by atoms with van der Waals surface area (Å²) in [5, 5.41) is 9.95. The lowest BCUT2D eigenvalue weighted by atomic mass is 10.1. The molecule has 0 spiro atoms. The van der Waals surface area contributed by atoms with Crippen LogP contribution in [0, 0.1) is 25.2 Å². The quantitative estimate of drug-likeness (QED) is 0.847. The molecule has 1 fully saturated rings. The summed E-state index contributed by atoms with van der Waals surface area (Å²) < 4.78 is 5.83. The van der Waals surface area contributed by atoms with Crippen molar-refractivity contribution in [3.63, 3.8) is 0 Å². The van der Waals surface area contributed by atoms with Crippen LogP contribution in [0.3, 0.4) is 0 Å². The van der Waals surface area contributed by atoms with Crippen molar-refractivity contribution < 1.29 is 9.53 Å². The molecule has 0 N–H and O–H groups in total. The molecule has 1 aliphatic heterocycles. The summed E-state index contributed by atoms with van der Waals surface area (Å²) in [5.41, 5.74) is 0.932. The Hall–Kier alpha value is -2.53. The van der Waals surface area contributed by atoms with Gasteiger partial charge in [-0.05, 0) is 26.7 Å². The molecule has 1 amide bonds. The van der Waals surface area contributed by atoms with Gasteiger partial charge in [0.05, 0.1) is 17.2 Å². The average Bonchev–Trinajstić information content (AvgIpc) is 2.93. The van der Waals surface area contributed by atoms with Crippen LogP contribution in [-0.4, -0.2) is 45.0 Å². The Kier molecular flexibility index (Phi) is 4.71. The van der Waals surface area contributed by atoms with Gasteiger partial charge < -0.3 is 9.64 Å². The highest BCUT2D eigenvalue weighted by Crippen LogP contribution is 2.23. The van der Waals surface area contributed by atoms with Gasteiger partial charge in [0.1, 0.15) is 17.1 Å². The van der Waals surface area contributed by atoms with Crippen molar-refractivity contribution in [1.29, 1.82) is 5.26 Å². The maximum atomic E-state index is 12.7. The molecule has 0 unspecified atom stereocenters. The average molecular weight is 343 g/mol. The van der Waals surface area contributed by atoms with Crippen LogP contribution < -0.4 is 4.74 Å². The highest BCUT2D eigenvalue weighted by Gasteiger charge is 2.28. The number of hydrogen-bond donors (Lipinski definition) is 0. The number of aromatic nitrogens is 3. The fourth-order valence-corrected chi connectivity index (χ4v) is 3.63. The van der Waals surface area contributed by atoms with E-state index in [1.807, 2.05) is 19.9 Å². The van der Waals surface area contributed by atoms with Crippen LogP contribution in [-0.2, 0) is 0 Å². The van der Waals surface area contributed by atoms with E-state index in [2.05, 4.69) is 15.0 Å². The van der Waals surface area contributed by atoms with E-state index >= 15 is 0 Å². The normalized spacial score (nSPS) is 17.4. The lowest BCUT2D eigenvalue weighted by molar-refractivity contribution is 0.0529. The summed E-state index contributed by atoms with van der Waals surface area (Å²) in [6.45, 7) is 4.92. The highest BCUT2D eigenvalue weighted by atomic mass is 32.1. The zero-order chi connectivity index (χ0) is 17.1. The first-order valence-electron chi connectivity index (χ1n) is 7.69. The number of amides is 1. The maximum absolute atomic E-state index is 12.7. The topological polar surface area (TPSA) is 92.0 Å². The third-order valence-electron chi connectivity index (χ3n) is 3.81. The van der Waals surface area contributed by atoms with Crippen LogP contribution in [0.2, 0.25) is 0 Å². The molecule has 1 atom stereocenters. The second-order valence-electron chi connectivity index (χ2n) is 5.60. The van der Waals surface area contributed by atoms with Crippen LogP contribution in [0.15, 0.2) is 12.4 Å². The molecule has 3 heterocycles. The summed E-state index contributed by atoms with van der Waals surface area (Å²) in [4.78, 5) is 27.5. The molecule has 1 saturated heterocycles. The molecule has 0 aliphatic carbocycles. The molecule has 2 aromatic heterocycles. The number of rotatable bonds is 3. The molecule has 1 aliphatic rings. The van der Waals surface area contributed by atoms with Crippen molar-refractivity contribution >= 4 is 17.2 Å². The molecular weight excluding hydrogens is 326 g/mol. The lowest BCUT2D eigenvalue weighted by Gasteiger charge is -2.32. The minimum atomic E-state index is -0.194. The summed E-state index contributed by atoms with van der Waals surface area (Å²) in [6.07, 6.45) is 4.41. The van der Waals surface area contributed by atoms with Gasteiger partial charge in [0, 0.05) is 18.9 Å². The van der Waals surface area contributed by atoms with Gasteiger partial charge >= 0.3 is 0 Å². The predicted molar refractivity (Wildman–Crippen MR) is 87.9 cm³/mol. The van der Waals surface area contributed by atoms with Gasteiger partial charge in [-0.2, -0.15) is 5.26 Å². The van der Waals surface area contributed by atoms with E-state index in [-0.39, 0.29) is 23.6 Å². The SMILES string of the molecule is Cc1nc(C)c(C(=O)N2CCC[C@@H](Oc3nccnc3C#N)C2)s1. The van der Waals surface area contributed by atoms with Crippen molar-refractivity contribution in [1.82, 2.24) is 19.9 Å². The lowest BCUT2D eigenvalue weighted by Crippen LogP contribution is -2.44. The van der Waals surface area contributed by atoms with E-state index < -0.39 is 0 Å². The number of ether oxygens (including phenoxy) is 1. The number of hydrogen-bond acceptors (Lipinski definition) is 7. The van der Waals surface area contributed by atoms with Gasteiger partial charge in [-0.25, -0.2) is 15.0 Å². The van der Waals surface area contributed by atoms with Crippen molar-refractivity contribution in [2.24, 2.45) is 0 Å². The largest absolute Gasteiger partial charge is 0.470 e. The number of aryl methyl sites for hydroxylation is 2. The summed E-state index contributed by atoms with van der Waals surface area (Å²) in [7, 11) is 0. The minimum Gasteiger partial charge on any atom is -0.470 e. The second-order valence-corrected chi connectivity index (χ2v) is 6.81. The van der Waals surface area contributed by atoms with Crippen LogP contribution in [0.4, 0.5) is 0 Å². The fourth-order valence-electron chi connectivity index (χ4n) is 2.74. The van der Waals surface area contributed by atoms with Crippen molar-refractivity contribution in [3.8, 4) is 11.9 Å². The number of nitriles is 1. The monoisotopic (exact) mass is 343 g/mol. The Labute approximate surface area is 143 Å². The molecule has 124 valence electrons. The van der Waals surface area contributed by atoms with E-state index in [0.29, 0.717) is 18.0 Å². The van der Waals surface area contributed by atoms with Crippen LogP contribution in [0.5, 0.6) is 5.88 Å². The van der Waals surface area contributed by atoms with Gasteiger partial charge in [0.2, 0.25) is 5.69 Å². The van der Waals surface area contributed by atoms with E-state index in [0.717, 1.165) is 23.5 Å². The van der Waals surface area contributed by atoms with Gasteiger partial charge in [-0.1, -0.05) is 0 Å². The van der Waals surface area contributed by atoms with Crippen molar-refractivity contribution in [2.75, 3.05) is 13.1 Å². The second kappa shape index (κ2) is 6.93. The van der Waals surface area contributed by atoms with Crippen LogP contribution >= 0.6 is 11.3 Å². The predicted octanol–water partition coefficient (Wildman–Crippen LogP) is 2.11. The summed E-state index contributed by atoms with van der Waals surface area (Å²) >= 11 is 1.42. The highest BCUT2D eigenvalue weighted by molar-refractivity contribution is 7.13. The summed E-state index contributed by atoms with van der Waals surface area (Å²) in [6, 6.07) is 1.97. The Morgan fingerprint density at radius 1 is 1.42 bits per heavy atom. The number of piperidine rings is 1. The first kappa shape index (κ1) is 16.3. The Bertz CT molecular complexity index is 798. The fraction of sp³-hybridized carbons (Fsp3) is 0.438. The Morgan fingerprint density at radius 3 is 2.92 bits per heavy atom.